The maximum Gasteiger partial charge on any atom is 0.0979 e. The van der Waals surface area contributed by atoms with Crippen molar-refractivity contribution in [3.63, 3.8) is 0 Å². The van der Waals surface area contributed by atoms with Crippen LogP contribution in [0.3, 0.4) is 0 Å². The van der Waals surface area contributed by atoms with E-state index in [1.54, 1.807) is 0 Å². The molecule has 1 rings (SSSR count). The Hall–Kier alpha value is -0.660. The summed E-state index contributed by atoms with van der Waals surface area (Å²) < 4.78 is 0. The summed E-state index contributed by atoms with van der Waals surface area (Å²) in [7, 11) is 0. The fourth-order valence-corrected chi connectivity index (χ4v) is 1.76. The molecule has 0 radical (unpaired) electrons. The van der Waals surface area contributed by atoms with Crippen LogP contribution in [0.25, 0.3) is 0 Å². The van der Waals surface area contributed by atoms with E-state index in [9.17, 15) is 0 Å². The summed E-state index contributed by atoms with van der Waals surface area (Å²) in [4.78, 5) is 4.77. The van der Waals surface area contributed by atoms with Gasteiger partial charge in [-0.2, -0.15) is 0 Å². The van der Waals surface area contributed by atoms with Crippen LogP contribution in [0.5, 0.6) is 0 Å². The molecule has 1 heterocycles. The third kappa shape index (κ3) is 1.35. The van der Waals surface area contributed by atoms with Crippen molar-refractivity contribution >= 4 is 0 Å². The van der Waals surface area contributed by atoms with Crippen LogP contribution in [0.4, 0.5) is 0 Å². The highest BCUT2D eigenvalue weighted by molar-refractivity contribution is 5.05. The molecule has 0 saturated carbocycles. The maximum atomic E-state index is 2.41. The van der Waals surface area contributed by atoms with Crippen LogP contribution in [0.15, 0.2) is 11.9 Å². The maximum absolute atomic E-state index is 2.41. The van der Waals surface area contributed by atoms with Crippen molar-refractivity contribution in [2.24, 2.45) is 0 Å². The van der Waals surface area contributed by atoms with E-state index in [0.29, 0.717) is 6.17 Å². The first-order valence-electron chi connectivity index (χ1n) is 4.41. The quantitative estimate of drug-likeness (QED) is 0.599. The van der Waals surface area contributed by atoms with Crippen LogP contribution >= 0.6 is 0 Å². The van der Waals surface area contributed by atoms with Crippen LogP contribution in [-0.4, -0.2) is 29.1 Å². The Morgan fingerprint density at radius 3 is 2.27 bits per heavy atom. The molecule has 0 spiro atoms. The summed E-state index contributed by atoms with van der Waals surface area (Å²) in [5, 5.41) is 0. The molecule has 1 atom stereocenters. The average molecular weight is 154 g/mol. The molecule has 2 nitrogen and oxygen atoms in total. The predicted octanol–water partition coefficient (Wildman–Crippen LogP) is 1.85. The lowest BCUT2D eigenvalue weighted by molar-refractivity contribution is 0.173. The molecule has 0 aromatic rings. The lowest BCUT2D eigenvalue weighted by Crippen LogP contribution is -2.36. The zero-order chi connectivity index (χ0) is 8.43. The van der Waals surface area contributed by atoms with E-state index in [1.807, 2.05) is 0 Å². The molecule has 0 fully saturated rings. The van der Waals surface area contributed by atoms with Gasteiger partial charge in [0.05, 0.1) is 6.17 Å². The van der Waals surface area contributed by atoms with Crippen molar-refractivity contribution in [1.82, 2.24) is 9.80 Å². The SMILES string of the molecule is CCN1C=C(C)N(CC)C1C. The van der Waals surface area contributed by atoms with E-state index < -0.39 is 0 Å². The van der Waals surface area contributed by atoms with Gasteiger partial charge in [-0.25, -0.2) is 0 Å². The van der Waals surface area contributed by atoms with Gasteiger partial charge >= 0.3 is 0 Å². The first-order valence-corrected chi connectivity index (χ1v) is 4.41. The van der Waals surface area contributed by atoms with E-state index in [0.717, 1.165) is 13.1 Å². The van der Waals surface area contributed by atoms with Crippen molar-refractivity contribution in [2.75, 3.05) is 13.1 Å². The van der Waals surface area contributed by atoms with Crippen molar-refractivity contribution in [1.29, 1.82) is 0 Å². The van der Waals surface area contributed by atoms with Gasteiger partial charge in [0.15, 0.2) is 0 Å². The van der Waals surface area contributed by atoms with E-state index >= 15 is 0 Å². The van der Waals surface area contributed by atoms with Crippen LogP contribution in [-0.2, 0) is 0 Å². The number of allylic oxidation sites excluding steroid dienone is 1. The van der Waals surface area contributed by atoms with Crippen LogP contribution in [0.2, 0.25) is 0 Å². The number of hydrogen-bond donors (Lipinski definition) is 0. The van der Waals surface area contributed by atoms with Gasteiger partial charge in [-0.05, 0) is 27.7 Å². The zero-order valence-corrected chi connectivity index (χ0v) is 7.96. The van der Waals surface area contributed by atoms with Crippen molar-refractivity contribution in [2.45, 2.75) is 33.9 Å². The van der Waals surface area contributed by atoms with Gasteiger partial charge < -0.3 is 9.80 Å². The predicted molar refractivity (Wildman–Crippen MR) is 48.0 cm³/mol. The highest BCUT2D eigenvalue weighted by Gasteiger charge is 2.22. The molecule has 0 aromatic carbocycles. The smallest absolute Gasteiger partial charge is 0.0979 e. The van der Waals surface area contributed by atoms with Crippen LogP contribution in [0.1, 0.15) is 27.7 Å². The van der Waals surface area contributed by atoms with E-state index in [4.69, 9.17) is 0 Å². The lowest BCUT2D eigenvalue weighted by atomic mass is 10.4. The molecular formula is C9H18N2. The minimum absolute atomic E-state index is 0.560. The third-order valence-corrected chi connectivity index (χ3v) is 2.44. The Bertz CT molecular complexity index is 163. The van der Waals surface area contributed by atoms with E-state index in [-0.39, 0.29) is 0 Å². The van der Waals surface area contributed by atoms with Crippen molar-refractivity contribution in [3.8, 4) is 0 Å². The van der Waals surface area contributed by atoms with Gasteiger partial charge in [-0.15, -0.1) is 0 Å². The first kappa shape index (κ1) is 8.44. The van der Waals surface area contributed by atoms with E-state index in [1.165, 1.54) is 5.70 Å². The zero-order valence-electron chi connectivity index (χ0n) is 7.96. The second-order valence-corrected chi connectivity index (χ2v) is 3.02. The van der Waals surface area contributed by atoms with Crippen molar-refractivity contribution in [3.05, 3.63) is 11.9 Å². The Labute approximate surface area is 69.5 Å². The Balaban J connectivity index is 2.67. The number of rotatable bonds is 2. The summed E-state index contributed by atoms with van der Waals surface area (Å²) in [5.74, 6) is 0. The van der Waals surface area contributed by atoms with Gasteiger partial charge in [0, 0.05) is 25.0 Å². The van der Waals surface area contributed by atoms with Gasteiger partial charge in [0.2, 0.25) is 0 Å². The molecule has 0 bridgehead atoms. The molecule has 0 saturated heterocycles. The molecule has 0 aromatic heterocycles. The topological polar surface area (TPSA) is 6.48 Å². The minimum atomic E-state index is 0.560. The Morgan fingerprint density at radius 2 is 2.00 bits per heavy atom. The fourth-order valence-electron chi connectivity index (χ4n) is 1.76. The van der Waals surface area contributed by atoms with E-state index in [2.05, 4.69) is 43.7 Å². The van der Waals surface area contributed by atoms with Gasteiger partial charge in [-0.1, -0.05) is 0 Å². The molecule has 0 N–H and O–H groups in total. The van der Waals surface area contributed by atoms with Gasteiger partial charge in [0.1, 0.15) is 0 Å². The third-order valence-electron chi connectivity index (χ3n) is 2.44. The van der Waals surface area contributed by atoms with Gasteiger partial charge in [-0.3, -0.25) is 0 Å². The average Bonchev–Trinajstić information content (AvgIpc) is 2.26. The first-order chi connectivity index (χ1) is 5.20. The molecule has 2 heteroatoms. The highest BCUT2D eigenvalue weighted by atomic mass is 15.4. The number of hydrogen-bond acceptors (Lipinski definition) is 2. The van der Waals surface area contributed by atoms with Gasteiger partial charge in [0.25, 0.3) is 0 Å². The second-order valence-electron chi connectivity index (χ2n) is 3.02. The second kappa shape index (κ2) is 3.16. The van der Waals surface area contributed by atoms with Crippen LogP contribution < -0.4 is 0 Å². The monoisotopic (exact) mass is 154 g/mol. The summed E-state index contributed by atoms with van der Waals surface area (Å²) in [6.45, 7) is 11.0. The minimum Gasteiger partial charge on any atom is -0.356 e. The van der Waals surface area contributed by atoms with Crippen molar-refractivity contribution < 1.29 is 0 Å². The molecule has 1 aliphatic heterocycles. The molecular weight excluding hydrogens is 136 g/mol. The Morgan fingerprint density at radius 1 is 1.36 bits per heavy atom. The standard InChI is InChI=1S/C9H18N2/c1-5-10-7-8(3)11(6-2)9(10)4/h7,9H,5-6H2,1-4H3. The molecule has 0 amide bonds. The lowest BCUT2D eigenvalue weighted by Gasteiger charge is -2.29. The fraction of sp³-hybridized carbons (Fsp3) is 0.778. The molecule has 1 aliphatic rings. The largest absolute Gasteiger partial charge is 0.356 e. The summed E-state index contributed by atoms with van der Waals surface area (Å²) in [5.41, 5.74) is 1.39. The number of nitrogens with zero attached hydrogens (tertiary/aromatic N) is 2. The normalized spacial score (nSPS) is 24.4. The summed E-state index contributed by atoms with van der Waals surface area (Å²) >= 11 is 0. The molecule has 1 unspecified atom stereocenters. The Kier molecular flexibility index (Phi) is 2.42. The van der Waals surface area contributed by atoms with Crippen LogP contribution in [0, 0.1) is 0 Å². The highest BCUT2D eigenvalue weighted by Crippen LogP contribution is 2.20. The molecule has 11 heavy (non-hydrogen) atoms. The summed E-state index contributed by atoms with van der Waals surface area (Å²) in [6, 6.07) is 0. The molecule has 64 valence electrons. The summed E-state index contributed by atoms with van der Waals surface area (Å²) in [6.07, 6.45) is 2.80. The molecule has 0 aliphatic carbocycles.